The molecule has 3 aromatic rings. The number of nitrogens with zero attached hydrogens (tertiary/aromatic N) is 3. The summed E-state index contributed by atoms with van der Waals surface area (Å²) in [6.45, 7) is 2.30. The van der Waals surface area contributed by atoms with Gasteiger partial charge in [0.25, 0.3) is 0 Å². The Hall–Kier alpha value is -3.61. The van der Waals surface area contributed by atoms with Gasteiger partial charge in [0.1, 0.15) is 6.04 Å². The number of nitrogens with one attached hydrogen (secondary N) is 1. The van der Waals surface area contributed by atoms with Crippen molar-refractivity contribution in [3.63, 3.8) is 0 Å². The van der Waals surface area contributed by atoms with E-state index in [0.717, 1.165) is 29.7 Å². The Morgan fingerprint density at radius 2 is 2.03 bits per heavy atom. The van der Waals surface area contributed by atoms with Crippen molar-refractivity contribution in [3.8, 4) is 22.9 Å². The molecule has 7 nitrogen and oxygen atoms in total. The number of phenols is 1. The maximum atomic E-state index is 12.9. The van der Waals surface area contributed by atoms with E-state index in [-0.39, 0.29) is 11.5 Å². The van der Waals surface area contributed by atoms with Crippen LogP contribution in [0, 0.1) is 0 Å². The minimum atomic E-state index is -0.422. The molecule has 0 fully saturated rings. The topological polar surface area (TPSA) is 89.3 Å². The monoisotopic (exact) mass is 402 g/mol. The first kappa shape index (κ1) is 18.4. The highest BCUT2D eigenvalue weighted by Gasteiger charge is 2.37. The Bertz CT molecular complexity index is 1150. The molecule has 5 rings (SSSR count). The van der Waals surface area contributed by atoms with E-state index in [4.69, 9.17) is 14.8 Å². The van der Waals surface area contributed by atoms with Gasteiger partial charge >= 0.3 is 0 Å². The SMILES string of the molecule is CCOc1cc([C@@H]2C3=C(CCCC3=O)Nc3nc(-c4ccccc4)nn32)ccc1O. The molecule has 152 valence electrons. The molecule has 0 amide bonds. The quantitative estimate of drug-likeness (QED) is 0.684. The molecule has 1 atom stereocenters. The van der Waals surface area contributed by atoms with Crippen LogP contribution in [0.3, 0.4) is 0 Å². The number of Topliss-reactive ketones (excluding diaryl/α,β-unsaturated/α-hetero) is 1. The van der Waals surface area contributed by atoms with Crippen LogP contribution in [0.15, 0.2) is 59.8 Å². The first-order valence-electron chi connectivity index (χ1n) is 10.2. The van der Waals surface area contributed by atoms with E-state index in [1.165, 1.54) is 0 Å². The Morgan fingerprint density at radius 3 is 2.83 bits per heavy atom. The average molecular weight is 402 g/mol. The Morgan fingerprint density at radius 1 is 1.20 bits per heavy atom. The Labute approximate surface area is 174 Å². The minimum Gasteiger partial charge on any atom is -0.504 e. The lowest BCUT2D eigenvalue weighted by atomic mass is 9.85. The Balaban J connectivity index is 1.67. The summed E-state index contributed by atoms with van der Waals surface area (Å²) in [5, 5.41) is 18.2. The van der Waals surface area contributed by atoms with Crippen LogP contribution < -0.4 is 10.1 Å². The van der Waals surface area contributed by atoms with Crippen molar-refractivity contribution in [1.29, 1.82) is 0 Å². The molecule has 1 aliphatic carbocycles. The molecular formula is C23H22N4O3. The number of hydrogen-bond donors (Lipinski definition) is 2. The van der Waals surface area contributed by atoms with E-state index in [1.54, 1.807) is 16.8 Å². The van der Waals surface area contributed by atoms with Gasteiger partial charge in [0.15, 0.2) is 23.1 Å². The predicted molar refractivity (Wildman–Crippen MR) is 112 cm³/mol. The van der Waals surface area contributed by atoms with E-state index < -0.39 is 6.04 Å². The highest BCUT2D eigenvalue weighted by molar-refractivity contribution is 5.99. The molecule has 2 N–H and O–H groups in total. The molecule has 0 radical (unpaired) electrons. The van der Waals surface area contributed by atoms with Crippen LogP contribution in [0.1, 0.15) is 37.8 Å². The number of anilines is 1. The highest BCUT2D eigenvalue weighted by atomic mass is 16.5. The van der Waals surface area contributed by atoms with Crippen molar-refractivity contribution in [2.45, 2.75) is 32.2 Å². The fraction of sp³-hybridized carbons (Fsp3) is 0.261. The molecule has 2 aromatic carbocycles. The lowest BCUT2D eigenvalue weighted by Crippen LogP contribution is -2.31. The molecule has 0 unspecified atom stereocenters. The largest absolute Gasteiger partial charge is 0.504 e. The van der Waals surface area contributed by atoms with Crippen molar-refractivity contribution >= 4 is 11.7 Å². The molecule has 7 heteroatoms. The molecule has 2 aliphatic rings. The van der Waals surface area contributed by atoms with Crippen LogP contribution in [-0.4, -0.2) is 32.3 Å². The first-order chi connectivity index (χ1) is 14.7. The smallest absolute Gasteiger partial charge is 0.226 e. The number of rotatable bonds is 4. The molecule has 1 aromatic heterocycles. The van der Waals surface area contributed by atoms with E-state index >= 15 is 0 Å². The third-order valence-electron chi connectivity index (χ3n) is 5.50. The van der Waals surface area contributed by atoms with Crippen molar-refractivity contribution in [2.75, 3.05) is 11.9 Å². The maximum Gasteiger partial charge on any atom is 0.226 e. The third-order valence-corrected chi connectivity index (χ3v) is 5.50. The lowest BCUT2D eigenvalue weighted by Gasteiger charge is -2.32. The number of ether oxygens (including phenoxy) is 1. The molecule has 0 bridgehead atoms. The zero-order chi connectivity index (χ0) is 20.7. The minimum absolute atomic E-state index is 0.0718. The van der Waals surface area contributed by atoms with Crippen molar-refractivity contribution in [3.05, 3.63) is 65.4 Å². The first-order valence-corrected chi connectivity index (χ1v) is 10.2. The number of fused-ring (bicyclic) bond motifs is 1. The molecule has 0 spiro atoms. The fourth-order valence-corrected chi connectivity index (χ4v) is 4.15. The van der Waals surface area contributed by atoms with Crippen molar-refractivity contribution in [1.82, 2.24) is 14.8 Å². The number of carbonyl (C=O) groups excluding carboxylic acids is 1. The summed E-state index contributed by atoms with van der Waals surface area (Å²) in [6, 6.07) is 14.5. The number of allylic oxidation sites excluding steroid dienone is 2. The van der Waals surface area contributed by atoms with E-state index in [1.807, 2.05) is 43.3 Å². The molecule has 2 heterocycles. The van der Waals surface area contributed by atoms with Crippen molar-refractivity contribution in [2.24, 2.45) is 0 Å². The summed E-state index contributed by atoms with van der Waals surface area (Å²) in [7, 11) is 0. The standard InChI is InChI=1S/C23H22N4O3/c1-2-30-19-13-15(11-12-17(19)28)21-20-16(9-6-10-18(20)29)24-23-25-22(26-27(21)23)14-7-4-3-5-8-14/h3-5,7-8,11-13,21,28H,2,6,9-10H2,1H3,(H,24,25,26)/t21-/m1/s1. The summed E-state index contributed by atoms with van der Waals surface area (Å²) >= 11 is 0. The zero-order valence-corrected chi connectivity index (χ0v) is 16.6. The number of carbonyl (C=O) groups is 1. The van der Waals surface area contributed by atoms with Crippen LogP contribution in [-0.2, 0) is 4.79 Å². The van der Waals surface area contributed by atoms with Gasteiger partial charge in [-0.3, -0.25) is 4.79 Å². The zero-order valence-electron chi connectivity index (χ0n) is 16.6. The van der Waals surface area contributed by atoms with Crippen LogP contribution in [0.25, 0.3) is 11.4 Å². The van der Waals surface area contributed by atoms with E-state index in [0.29, 0.717) is 36.1 Å². The van der Waals surface area contributed by atoms with Crippen LogP contribution >= 0.6 is 0 Å². The highest BCUT2D eigenvalue weighted by Crippen LogP contribution is 2.42. The average Bonchev–Trinajstić information content (AvgIpc) is 3.19. The summed E-state index contributed by atoms with van der Waals surface area (Å²) in [5.41, 5.74) is 3.35. The van der Waals surface area contributed by atoms with Gasteiger partial charge in [0.05, 0.1) is 6.61 Å². The van der Waals surface area contributed by atoms with Crippen LogP contribution in [0.5, 0.6) is 11.5 Å². The van der Waals surface area contributed by atoms with Crippen LogP contribution in [0.4, 0.5) is 5.95 Å². The molecule has 0 saturated carbocycles. The second-order valence-corrected chi connectivity index (χ2v) is 7.43. The molecule has 1 aliphatic heterocycles. The van der Waals surface area contributed by atoms with E-state index in [2.05, 4.69) is 5.32 Å². The van der Waals surface area contributed by atoms with Crippen molar-refractivity contribution < 1.29 is 14.6 Å². The van der Waals surface area contributed by atoms with Gasteiger partial charge < -0.3 is 15.2 Å². The van der Waals surface area contributed by atoms with Gasteiger partial charge in [-0.05, 0) is 37.5 Å². The second kappa shape index (κ2) is 7.33. The van der Waals surface area contributed by atoms with E-state index in [9.17, 15) is 9.90 Å². The molecule has 0 saturated heterocycles. The summed E-state index contributed by atoms with van der Waals surface area (Å²) in [4.78, 5) is 17.6. The summed E-state index contributed by atoms with van der Waals surface area (Å²) < 4.78 is 7.35. The summed E-state index contributed by atoms with van der Waals surface area (Å²) in [6.07, 6.45) is 2.13. The Kier molecular flexibility index (Phi) is 4.50. The van der Waals surface area contributed by atoms with Gasteiger partial charge in [0, 0.05) is 23.3 Å². The lowest BCUT2D eigenvalue weighted by molar-refractivity contribution is -0.116. The van der Waals surface area contributed by atoms with Gasteiger partial charge in [-0.1, -0.05) is 36.4 Å². The molecular weight excluding hydrogens is 380 g/mol. The summed E-state index contributed by atoms with van der Waals surface area (Å²) in [5.74, 6) is 1.78. The fourth-order valence-electron chi connectivity index (χ4n) is 4.15. The number of aromatic nitrogens is 3. The normalized spacial score (nSPS) is 17.9. The predicted octanol–water partition coefficient (Wildman–Crippen LogP) is 4.07. The number of ketones is 1. The van der Waals surface area contributed by atoms with Crippen LogP contribution in [0.2, 0.25) is 0 Å². The van der Waals surface area contributed by atoms with Gasteiger partial charge in [-0.25, -0.2) is 4.68 Å². The second-order valence-electron chi connectivity index (χ2n) is 7.43. The van der Waals surface area contributed by atoms with Gasteiger partial charge in [-0.2, -0.15) is 4.98 Å². The maximum absolute atomic E-state index is 12.9. The molecule has 30 heavy (non-hydrogen) atoms. The van der Waals surface area contributed by atoms with Gasteiger partial charge in [-0.15, -0.1) is 5.10 Å². The van der Waals surface area contributed by atoms with Gasteiger partial charge in [0.2, 0.25) is 5.95 Å². The number of hydrogen-bond acceptors (Lipinski definition) is 6. The third kappa shape index (κ3) is 3.03. The number of aromatic hydroxyl groups is 1. The number of phenolic OH excluding ortho intramolecular Hbond substituents is 1. The number of benzene rings is 2.